The molecule has 1 heterocycles. The third-order valence-electron chi connectivity index (χ3n) is 6.51. The number of rotatable bonds is 14. The van der Waals surface area contributed by atoms with Gasteiger partial charge in [-0.15, -0.1) is 0 Å². The molecule has 1 fully saturated rings. The van der Waals surface area contributed by atoms with E-state index in [1.165, 1.54) is 12.0 Å². The highest BCUT2D eigenvalue weighted by Crippen LogP contribution is 2.22. The molecule has 0 aromatic heterocycles. The average Bonchev–Trinajstić information content (AvgIpc) is 3.30. The Morgan fingerprint density at radius 3 is 2.40 bits per heavy atom. The number of ether oxygens (including phenoxy) is 1. The van der Waals surface area contributed by atoms with Gasteiger partial charge in [0.2, 0.25) is 17.7 Å². The van der Waals surface area contributed by atoms with Crippen LogP contribution in [0.4, 0.5) is 0 Å². The number of methoxy groups -OCH3 is 1. The zero-order valence-corrected chi connectivity index (χ0v) is 23.3. The second-order valence-electron chi connectivity index (χ2n) is 10.3. The number of nitrogens with one attached hydrogen (secondary N) is 2. The summed E-state index contributed by atoms with van der Waals surface area (Å²) >= 11 is 0. The number of aliphatic hydroxyl groups is 2. The smallest absolute Gasteiger partial charge is 0.328 e. The Morgan fingerprint density at radius 2 is 1.80 bits per heavy atom. The third-order valence-corrected chi connectivity index (χ3v) is 6.51. The van der Waals surface area contributed by atoms with Crippen molar-refractivity contribution in [3.8, 4) is 0 Å². The number of aliphatic imine (C=N–C) groups is 1. The summed E-state index contributed by atoms with van der Waals surface area (Å²) in [5.74, 6) is -2.69. The van der Waals surface area contributed by atoms with Crippen LogP contribution in [0.3, 0.4) is 0 Å². The summed E-state index contributed by atoms with van der Waals surface area (Å²) in [7, 11) is 1.19. The molecule has 222 valence electrons. The first kappa shape index (κ1) is 32.5. The van der Waals surface area contributed by atoms with Crippen LogP contribution < -0.4 is 22.1 Å². The van der Waals surface area contributed by atoms with Crippen molar-refractivity contribution in [3.05, 3.63) is 35.9 Å². The lowest BCUT2D eigenvalue weighted by Crippen LogP contribution is -2.56. The number of β-amino-alcohol motifs (C(OH)–C–C–N with tert-alkyl or cyclic N) is 1. The van der Waals surface area contributed by atoms with E-state index in [9.17, 15) is 29.4 Å². The highest BCUT2D eigenvalue weighted by Gasteiger charge is 2.42. The van der Waals surface area contributed by atoms with Gasteiger partial charge in [-0.2, -0.15) is 0 Å². The van der Waals surface area contributed by atoms with Crippen molar-refractivity contribution in [3.63, 3.8) is 0 Å². The second-order valence-corrected chi connectivity index (χ2v) is 10.3. The van der Waals surface area contributed by atoms with Crippen molar-refractivity contribution >= 4 is 29.7 Å². The maximum atomic E-state index is 13.6. The molecule has 5 atom stereocenters. The Labute approximate surface area is 234 Å². The molecule has 3 amide bonds. The minimum atomic E-state index is -1.38. The first-order valence-electron chi connectivity index (χ1n) is 13.4. The quantitative estimate of drug-likeness (QED) is 0.0694. The Morgan fingerprint density at radius 1 is 1.12 bits per heavy atom. The topological polar surface area (TPSA) is 210 Å². The number of amides is 3. The molecule has 1 aromatic carbocycles. The predicted octanol–water partition coefficient (Wildman–Crippen LogP) is -1.21. The molecule has 0 bridgehead atoms. The van der Waals surface area contributed by atoms with Gasteiger partial charge in [0.25, 0.3) is 0 Å². The zero-order chi connectivity index (χ0) is 29.8. The van der Waals surface area contributed by atoms with Crippen molar-refractivity contribution < 1.29 is 34.1 Å². The number of likely N-dealkylation sites (tertiary alicyclic amines) is 1. The number of hydrogen-bond donors (Lipinski definition) is 6. The zero-order valence-electron chi connectivity index (χ0n) is 23.3. The number of esters is 1. The highest BCUT2D eigenvalue weighted by atomic mass is 16.5. The van der Waals surface area contributed by atoms with E-state index >= 15 is 0 Å². The van der Waals surface area contributed by atoms with Crippen molar-refractivity contribution in [2.24, 2.45) is 22.4 Å². The van der Waals surface area contributed by atoms with Gasteiger partial charge in [0.15, 0.2) is 5.96 Å². The van der Waals surface area contributed by atoms with E-state index < -0.39 is 54.0 Å². The van der Waals surface area contributed by atoms with E-state index in [2.05, 4.69) is 15.6 Å². The molecular formula is C27H42N6O7. The Kier molecular flexibility index (Phi) is 12.8. The maximum absolute atomic E-state index is 13.6. The molecule has 0 aliphatic carbocycles. The molecule has 13 heteroatoms. The predicted molar refractivity (Wildman–Crippen MR) is 148 cm³/mol. The van der Waals surface area contributed by atoms with Gasteiger partial charge >= 0.3 is 5.97 Å². The van der Waals surface area contributed by atoms with Crippen LogP contribution in [0.1, 0.15) is 45.1 Å². The first-order chi connectivity index (χ1) is 18.9. The van der Waals surface area contributed by atoms with Crippen molar-refractivity contribution in [2.75, 3.05) is 20.2 Å². The highest BCUT2D eigenvalue weighted by molar-refractivity contribution is 5.94. The second kappa shape index (κ2) is 15.8. The van der Waals surface area contributed by atoms with Gasteiger partial charge in [-0.1, -0.05) is 44.2 Å². The van der Waals surface area contributed by atoms with Crippen LogP contribution in [-0.4, -0.2) is 95.3 Å². The molecule has 1 aliphatic heterocycles. The fourth-order valence-electron chi connectivity index (χ4n) is 4.56. The molecule has 2 rings (SSSR count). The number of nitrogens with zero attached hydrogens (tertiary/aromatic N) is 2. The van der Waals surface area contributed by atoms with Crippen molar-refractivity contribution in [2.45, 2.75) is 76.3 Å². The summed E-state index contributed by atoms with van der Waals surface area (Å²) in [6.45, 7) is 3.87. The molecule has 8 N–H and O–H groups in total. The van der Waals surface area contributed by atoms with E-state index in [4.69, 9.17) is 16.2 Å². The van der Waals surface area contributed by atoms with Gasteiger partial charge in [0.1, 0.15) is 24.2 Å². The molecule has 40 heavy (non-hydrogen) atoms. The normalized spacial score (nSPS) is 18.9. The van der Waals surface area contributed by atoms with Gasteiger partial charge in [0.05, 0.1) is 13.2 Å². The molecule has 1 saturated heterocycles. The van der Waals surface area contributed by atoms with Crippen LogP contribution >= 0.6 is 0 Å². The number of hydrogen-bond acceptors (Lipinski definition) is 8. The summed E-state index contributed by atoms with van der Waals surface area (Å²) in [4.78, 5) is 57.0. The molecule has 1 aliphatic rings. The molecule has 13 nitrogen and oxygen atoms in total. The first-order valence-corrected chi connectivity index (χ1v) is 13.4. The lowest BCUT2D eigenvalue weighted by Gasteiger charge is -2.30. The van der Waals surface area contributed by atoms with E-state index in [-0.39, 0.29) is 50.7 Å². The molecule has 0 spiro atoms. The maximum Gasteiger partial charge on any atom is 0.328 e. The lowest BCUT2D eigenvalue weighted by atomic mass is 10.0. The molecule has 1 aromatic rings. The van der Waals surface area contributed by atoms with Crippen LogP contribution in [-0.2, 0) is 30.3 Å². The van der Waals surface area contributed by atoms with Crippen LogP contribution in [0.5, 0.6) is 0 Å². The number of guanidine groups is 1. The van der Waals surface area contributed by atoms with E-state index in [1.54, 1.807) is 24.3 Å². The molecule has 0 saturated carbocycles. The average molecular weight is 563 g/mol. The van der Waals surface area contributed by atoms with Gasteiger partial charge < -0.3 is 42.0 Å². The monoisotopic (exact) mass is 562 g/mol. The Hall–Kier alpha value is -3.71. The van der Waals surface area contributed by atoms with Gasteiger partial charge in [-0.3, -0.25) is 19.4 Å². The van der Waals surface area contributed by atoms with Crippen molar-refractivity contribution in [1.29, 1.82) is 0 Å². The minimum absolute atomic E-state index is 0.00533. The summed E-state index contributed by atoms with van der Waals surface area (Å²) in [5.41, 5.74) is 11.4. The number of nitrogens with two attached hydrogens (primary N) is 2. The SMILES string of the molecule is COC(=O)[C@H](CCCN=C(N)N)NC(=O)[C@@H]1C[C@@H](O)CN1C(=O)[C@H](CC(C)C)NC(=O)[C@H](O)Cc1ccccc1. The van der Waals surface area contributed by atoms with E-state index in [1.807, 2.05) is 19.9 Å². The molecule has 0 unspecified atom stereocenters. The molecule has 0 radical (unpaired) electrons. The number of aliphatic hydroxyl groups excluding tert-OH is 2. The number of benzene rings is 1. The van der Waals surface area contributed by atoms with Crippen LogP contribution in [0.2, 0.25) is 0 Å². The Balaban J connectivity index is 2.13. The van der Waals surface area contributed by atoms with Crippen LogP contribution in [0.25, 0.3) is 0 Å². The summed E-state index contributed by atoms with van der Waals surface area (Å²) in [6.07, 6.45) is -1.52. The summed E-state index contributed by atoms with van der Waals surface area (Å²) in [5, 5.41) is 26.1. The number of carbonyl (C=O) groups excluding carboxylic acids is 4. The minimum Gasteiger partial charge on any atom is -0.467 e. The van der Waals surface area contributed by atoms with Gasteiger partial charge in [-0.05, 0) is 30.7 Å². The van der Waals surface area contributed by atoms with E-state index in [0.29, 0.717) is 6.42 Å². The van der Waals surface area contributed by atoms with E-state index in [0.717, 1.165) is 5.56 Å². The summed E-state index contributed by atoms with van der Waals surface area (Å²) in [6, 6.07) is 5.86. The summed E-state index contributed by atoms with van der Waals surface area (Å²) < 4.78 is 4.80. The standard InChI is InChI=1S/C27H42N6O7/c1-16(2)12-20(32-24(37)22(35)13-17-8-5-4-6-9-17)25(38)33-15-18(34)14-21(33)23(36)31-19(26(39)40-3)10-7-11-30-27(28)29/h4-6,8-9,16,18-22,34-35H,7,10-15H2,1-3H3,(H,31,36)(H,32,37)(H4,28,29,30)/t18-,19+,20+,21+,22-/m1/s1. The van der Waals surface area contributed by atoms with Crippen LogP contribution in [0, 0.1) is 5.92 Å². The van der Waals surface area contributed by atoms with Gasteiger partial charge in [-0.25, -0.2) is 4.79 Å². The Bertz CT molecular complexity index is 1030. The van der Waals surface area contributed by atoms with Crippen molar-refractivity contribution in [1.82, 2.24) is 15.5 Å². The van der Waals surface area contributed by atoms with Gasteiger partial charge in [0, 0.05) is 25.9 Å². The van der Waals surface area contributed by atoms with Crippen LogP contribution in [0.15, 0.2) is 35.3 Å². The lowest BCUT2D eigenvalue weighted by molar-refractivity contribution is -0.147. The largest absolute Gasteiger partial charge is 0.467 e. The fraction of sp³-hybridized carbons (Fsp3) is 0.593. The molecular weight excluding hydrogens is 520 g/mol. The third kappa shape index (κ3) is 10.1. The number of carbonyl (C=O) groups is 4. The fourth-order valence-corrected chi connectivity index (χ4v) is 4.56.